The summed E-state index contributed by atoms with van der Waals surface area (Å²) in [6.07, 6.45) is 9.09. The predicted molar refractivity (Wildman–Crippen MR) is 67.1 cm³/mol. The molecule has 0 fully saturated rings. The molecule has 1 N–H and O–H groups in total. The number of hydrogen-bond acceptors (Lipinski definition) is 3. The number of rotatable bonds is 3. The van der Waals surface area contributed by atoms with Gasteiger partial charge in [0.25, 0.3) is 0 Å². The molecule has 17 heavy (non-hydrogen) atoms. The van der Waals surface area contributed by atoms with E-state index in [4.69, 9.17) is 12.2 Å². The minimum atomic E-state index is 0.730. The van der Waals surface area contributed by atoms with Gasteiger partial charge >= 0.3 is 0 Å². The molecule has 0 atom stereocenters. The van der Waals surface area contributed by atoms with E-state index in [1.165, 1.54) is 0 Å². The van der Waals surface area contributed by atoms with Gasteiger partial charge in [-0.05, 0) is 18.3 Å². The number of hydrogen-bond donors (Lipinski definition) is 1. The number of nitrogens with zero attached hydrogens (tertiary/aromatic N) is 4. The van der Waals surface area contributed by atoms with Crippen LogP contribution in [0.5, 0.6) is 0 Å². The van der Waals surface area contributed by atoms with Crippen molar-refractivity contribution in [1.29, 1.82) is 0 Å². The summed E-state index contributed by atoms with van der Waals surface area (Å²) in [7, 11) is 0. The molecule has 3 heterocycles. The molecule has 0 radical (unpaired) electrons. The summed E-state index contributed by atoms with van der Waals surface area (Å²) >= 11 is 5.30. The van der Waals surface area contributed by atoms with E-state index in [0.29, 0.717) is 0 Å². The number of imidazole rings is 2. The van der Waals surface area contributed by atoms with Gasteiger partial charge in [-0.2, -0.15) is 0 Å². The predicted octanol–water partition coefficient (Wildman–Crippen LogP) is 1.99. The molecule has 86 valence electrons. The van der Waals surface area contributed by atoms with E-state index in [9.17, 15) is 0 Å². The maximum absolute atomic E-state index is 5.30. The average Bonchev–Trinajstić information content (AvgIpc) is 2.93. The van der Waals surface area contributed by atoms with Gasteiger partial charge in [-0.3, -0.25) is 4.98 Å². The maximum atomic E-state index is 5.30. The Hall–Kier alpha value is -1.95. The number of pyridine rings is 1. The number of aryl methyl sites for hydroxylation is 2. The molecule has 0 unspecified atom stereocenters. The summed E-state index contributed by atoms with van der Waals surface area (Å²) in [5, 5.41) is 0. The van der Waals surface area contributed by atoms with E-state index in [1.807, 2.05) is 16.8 Å². The molecule has 0 bridgehead atoms. The molecule has 0 spiro atoms. The average molecular weight is 245 g/mol. The summed E-state index contributed by atoms with van der Waals surface area (Å²) in [5.41, 5.74) is 2.06. The fourth-order valence-electron chi connectivity index (χ4n) is 1.87. The van der Waals surface area contributed by atoms with Crippen LogP contribution in [-0.4, -0.2) is 24.1 Å². The fraction of sp³-hybridized carbons (Fsp3) is 0.182. The first kappa shape index (κ1) is 10.2. The van der Waals surface area contributed by atoms with Gasteiger partial charge < -0.3 is 14.1 Å². The largest absolute Gasteiger partial charge is 0.336 e. The van der Waals surface area contributed by atoms with Crippen molar-refractivity contribution in [3.05, 3.63) is 42.0 Å². The lowest BCUT2D eigenvalue weighted by Crippen LogP contribution is -2.05. The number of aromatic nitrogens is 5. The lowest BCUT2D eigenvalue weighted by atomic mass is 10.4. The molecule has 0 saturated heterocycles. The molecule has 0 amide bonds. The molecule has 3 rings (SSSR count). The minimum Gasteiger partial charge on any atom is -0.336 e. The van der Waals surface area contributed by atoms with Crippen molar-refractivity contribution in [3.63, 3.8) is 0 Å². The highest BCUT2D eigenvalue weighted by molar-refractivity contribution is 7.71. The normalized spacial score (nSPS) is 11.1. The zero-order chi connectivity index (χ0) is 11.7. The highest BCUT2D eigenvalue weighted by Crippen LogP contribution is 2.12. The van der Waals surface area contributed by atoms with Crippen LogP contribution >= 0.6 is 12.2 Å². The molecular formula is C11H11N5S. The van der Waals surface area contributed by atoms with E-state index < -0.39 is 0 Å². The highest BCUT2D eigenvalue weighted by atomic mass is 32.1. The Balaban J connectivity index is 1.94. The van der Waals surface area contributed by atoms with E-state index in [2.05, 4.69) is 19.5 Å². The first-order valence-corrected chi connectivity index (χ1v) is 5.74. The summed E-state index contributed by atoms with van der Waals surface area (Å²) < 4.78 is 4.84. The summed E-state index contributed by atoms with van der Waals surface area (Å²) in [6, 6.07) is 1.97. The molecule has 0 aliphatic carbocycles. The van der Waals surface area contributed by atoms with Crippen LogP contribution in [0.4, 0.5) is 0 Å². The first-order valence-electron chi connectivity index (χ1n) is 5.33. The Morgan fingerprint density at radius 1 is 1.24 bits per heavy atom. The number of aromatic amines is 1. The lowest BCUT2D eigenvalue weighted by Gasteiger charge is -2.04. The second-order valence-corrected chi connectivity index (χ2v) is 4.16. The van der Waals surface area contributed by atoms with Crippen molar-refractivity contribution in [3.8, 4) is 0 Å². The third-order valence-corrected chi connectivity index (χ3v) is 3.04. The Bertz CT molecular complexity index is 679. The second-order valence-electron chi connectivity index (χ2n) is 3.78. The van der Waals surface area contributed by atoms with Gasteiger partial charge in [-0.15, -0.1) is 0 Å². The number of nitrogens with one attached hydrogen (secondary N) is 1. The van der Waals surface area contributed by atoms with Crippen LogP contribution in [0.1, 0.15) is 0 Å². The fourth-order valence-corrected chi connectivity index (χ4v) is 2.17. The van der Waals surface area contributed by atoms with Gasteiger partial charge in [-0.25, -0.2) is 4.98 Å². The summed E-state index contributed by atoms with van der Waals surface area (Å²) in [4.78, 5) is 11.2. The Morgan fingerprint density at radius 3 is 3.00 bits per heavy atom. The lowest BCUT2D eigenvalue weighted by molar-refractivity contribution is 0.584. The molecule has 0 aliphatic heterocycles. The second kappa shape index (κ2) is 4.14. The smallest absolute Gasteiger partial charge is 0.178 e. The van der Waals surface area contributed by atoms with Crippen molar-refractivity contribution < 1.29 is 0 Å². The monoisotopic (exact) mass is 245 g/mol. The first-order chi connectivity index (χ1) is 8.34. The summed E-state index contributed by atoms with van der Waals surface area (Å²) in [6.45, 7) is 1.67. The Labute approximate surface area is 103 Å². The van der Waals surface area contributed by atoms with Gasteiger partial charge in [0.05, 0.1) is 23.6 Å². The topological polar surface area (TPSA) is 51.4 Å². The van der Waals surface area contributed by atoms with Crippen molar-refractivity contribution in [2.45, 2.75) is 13.1 Å². The van der Waals surface area contributed by atoms with E-state index in [1.54, 1.807) is 24.9 Å². The van der Waals surface area contributed by atoms with Crippen LogP contribution in [-0.2, 0) is 13.1 Å². The standard InChI is InChI=1S/C11H11N5S/c17-11-14-9-7-12-2-1-10(9)16(11)6-5-15-4-3-13-8-15/h1-4,7-8H,5-6H2,(H,14,17). The van der Waals surface area contributed by atoms with Crippen molar-refractivity contribution in [2.24, 2.45) is 0 Å². The van der Waals surface area contributed by atoms with E-state index in [0.717, 1.165) is 28.9 Å². The van der Waals surface area contributed by atoms with Crippen LogP contribution in [0.2, 0.25) is 0 Å². The quantitative estimate of drug-likeness (QED) is 0.718. The van der Waals surface area contributed by atoms with Gasteiger partial charge in [0.2, 0.25) is 0 Å². The van der Waals surface area contributed by atoms with E-state index in [-0.39, 0.29) is 0 Å². The zero-order valence-electron chi connectivity index (χ0n) is 9.08. The van der Waals surface area contributed by atoms with Crippen molar-refractivity contribution in [2.75, 3.05) is 0 Å². The molecule has 0 aromatic carbocycles. The Kier molecular flexibility index (Phi) is 2.49. The SMILES string of the molecule is S=c1[nH]c2cnccc2n1CCn1ccnc1. The molecule has 0 saturated carbocycles. The van der Waals surface area contributed by atoms with Gasteiger partial charge in [0, 0.05) is 31.7 Å². The van der Waals surface area contributed by atoms with Crippen LogP contribution in [0.15, 0.2) is 37.2 Å². The summed E-state index contributed by atoms with van der Waals surface area (Å²) in [5.74, 6) is 0. The highest BCUT2D eigenvalue weighted by Gasteiger charge is 2.03. The molecule has 3 aromatic heterocycles. The van der Waals surface area contributed by atoms with Gasteiger partial charge in [-0.1, -0.05) is 0 Å². The molecular weight excluding hydrogens is 234 g/mol. The van der Waals surface area contributed by atoms with Crippen LogP contribution in [0.3, 0.4) is 0 Å². The molecule has 5 nitrogen and oxygen atoms in total. The van der Waals surface area contributed by atoms with Crippen LogP contribution in [0.25, 0.3) is 11.0 Å². The number of H-pyrrole nitrogens is 1. The molecule has 6 heteroatoms. The third-order valence-electron chi connectivity index (χ3n) is 2.72. The Morgan fingerprint density at radius 2 is 2.18 bits per heavy atom. The van der Waals surface area contributed by atoms with Crippen molar-refractivity contribution >= 4 is 23.3 Å². The van der Waals surface area contributed by atoms with Crippen molar-refractivity contribution in [1.82, 2.24) is 24.1 Å². The van der Waals surface area contributed by atoms with Crippen LogP contribution < -0.4 is 0 Å². The minimum absolute atomic E-state index is 0.730. The maximum Gasteiger partial charge on any atom is 0.178 e. The molecule has 0 aliphatic rings. The number of fused-ring (bicyclic) bond motifs is 1. The zero-order valence-corrected chi connectivity index (χ0v) is 9.89. The van der Waals surface area contributed by atoms with Gasteiger partial charge in [0.1, 0.15) is 0 Å². The molecule has 3 aromatic rings. The van der Waals surface area contributed by atoms with Gasteiger partial charge in [0.15, 0.2) is 4.77 Å². The third kappa shape index (κ3) is 1.87. The van der Waals surface area contributed by atoms with E-state index >= 15 is 0 Å². The van der Waals surface area contributed by atoms with Crippen LogP contribution in [0, 0.1) is 4.77 Å².